The number of amides is 1. The molecule has 0 saturated carbocycles. The zero-order chi connectivity index (χ0) is 11.6. The Kier molecular flexibility index (Phi) is 3.18. The average molecular weight is 227 g/mol. The van der Waals surface area contributed by atoms with Gasteiger partial charge < -0.3 is 14.7 Å². The van der Waals surface area contributed by atoms with Crippen LogP contribution in [-0.2, 0) is 14.3 Å². The van der Waals surface area contributed by atoms with Crippen LogP contribution in [0.2, 0.25) is 0 Å². The van der Waals surface area contributed by atoms with Crippen molar-refractivity contribution in [3.05, 3.63) is 0 Å². The molecule has 0 aromatic carbocycles. The maximum absolute atomic E-state index is 11.8. The summed E-state index contributed by atoms with van der Waals surface area (Å²) in [6.45, 7) is -1.00. The minimum absolute atomic E-state index is 0.217. The minimum atomic E-state index is -4.88. The molecule has 0 aromatic rings. The van der Waals surface area contributed by atoms with Gasteiger partial charge in [0.25, 0.3) is 0 Å². The standard InChI is InChI=1S/C7H8F3NO4/c8-7(9,10)6(14)11-1-4(2-11)15-3-5(12)13/h4H,1-3H2,(H,12,13). The molecule has 0 aromatic heterocycles. The van der Waals surface area contributed by atoms with Crippen LogP contribution in [0.15, 0.2) is 0 Å². The Morgan fingerprint density at radius 2 is 1.93 bits per heavy atom. The van der Waals surface area contributed by atoms with Crippen molar-refractivity contribution in [3.63, 3.8) is 0 Å². The topological polar surface area (TPSA) is 66.8 Å². The average Bonchev–Trinajstić information content (AvgIpc) is 1.98. The summed E-state index contributed by atoms with van der Waals surface area (Å²) in [7, 11) is 0. The number of rotatable bonds is 3. The molecule has 15 heavy (non-hydrogen) atoms. The molecule has 1 N–H and O–H groups in total. The van der Waals surface area contributed by atoms with E-state index in [-0.39, 0.29) is 13.1 Å². The van der Waals surface area contributed by atoms with Gasteiger partial charge in [-0.05, 0) is 0 Å². The van der Waals surface area contributed by atoms with E-state index in [1.54, 1.807) is 0 Å². The van der Waals surface area contributed by atoms with E-state index in [1.165, 1.54) is 0 Å². The monoisotopic (exact) mass is 227 g/mol. The van der Waals surface area contributed by atoms with Gasteiger partial charge in [-0.15, -0.1) is 0 Å². The molecule has 8 heteroatoms. The highest BCUT2D eigenvalue weighted by atomic mass is 19.4. The summed E-state index contributed by atoms with van der Waals surface area (Å²) in [6.07, 6.45) is -5.50. The predicted molar refractivity (Wildman–Crippen MR) is 40.0 cm³/mol. The molecule has 0 unspecified atom stereocenters. The summed E-state index contributed by atoms with van der Waals surface area (Å²) < 4.78 is 40.2. The van der Waals surface area contributed by atoms with Gasteiger partial charge in [0.15, 0.2) is 0 Å². The molecule has 1 aliphatic rings. The van der Waals surface area contributed by atoms with Crippen molar-refractivity contribution in [2.24, 2.45) is 0 Å². The van der Waals surface area contributed by atoms with Crippen molar-refractivity contribution in [1.82, 2.24) is 4.90 Å². The molecule has 86 valence electrons. The van der Waals surface area contributed by atoms with E-state index in [4.69, 9.17) is 5.11 Å². The Morgan fingerprint density at radius 3 is 2.33 bits per heavy atom. The number of ether oxygens (including phenoxy) is 1. The van der Waals surface area contributed by atoms with E-state index in [0.717, 1.165) is 0 Å². The fourth-order valence-electron chi connectivity index (χ4n) is 1.08. The largest absolute Gasteiger partial charge is 0.480 e. The summed E-state index contributed by atoms with van der Waals surface area (Å²) in [6, 6.07) is 0. The first kappa shape index (κ1) is 11.8. The molecule has 5 nitrogen and oxygen atoms in total. The van der Waals surface area contributed by atoms with Crippen molar-refractivity contribution in [1.29, 1.82) is 0 Å². The van der Waals surface area contributed by atoms with Crippen molar-refractivity contribution in [3.8, 4) is 0 Å². The Morgan fingerprint density at radius 1 is 1.40 bits per heavy atom. The van der Waals surface area contributed by atoms with Crippen molar-refractivity contribution < 1.29 is 32.6 Å². The third-order valence-electron chi connectivity index (χ3n) is 1.82. The second-order valence-corrected chi connectivity index (χ2v) is 3.03. The first-order chi connectivity index (χ1) is 6.80. The maximum atomic E-state index is 11.8. The van der Waals surface area contributed by atoms with Gasteiger partial charge in [0.05, 0.1) is 6.10 Å². The molecule has 0 atom stereocenters. The molecular weight excluding hydrogens is 219 g/mol. The van der Waals surface area contributed by atoms with Gasteiger partial charge in [-0.3, -0.25) is 4.79 Å². The molecule has 0 spiro atoms. The fourth-order valence-corrected chi connectivity index (χ4v) is 1.08. The molecule has 1 aliphatic heterocycles. The molecule has 1 saturated heterocycles. The van der Waals surface area contributed by atoms with E-state index >= 15 is 0 Å². The van der Waals surface area contributed by atoms with E-state index in [9.17, 15) is 22.8 Å². The summed E-state index contributed by atoms with van der Waals surface area (Å²) in [5.41, 5.74) is 0. The van der Waals surface area contributed by atoms with E-state index in [0.29, 0.717) is 4.90 Å². The molecule has 0 aliphatic carbocycles. The van der Waals surface area contributed by atoms with Crippen molar-refractivity contribution in [2.45, 2.75) is 12.3 Å². The Hall–Kier alpha value is -1.31. The zero-order valence-electron chi connectivity index (χ0n) is 7.45. The van der Waals surface area contributed by atoms with Crippen LogP contribution in [0.5, 0.6) is 0 Å². The second kappa shape index (κ2) is 4.05. The number of alkyl halides is 3. The lowest BCUT2D eigenvalue weighted by atomic mass is 10.1. The molecule has 1 fully saturated rings. The number of aliphatic carboxylic acids is 1. The molecular formula is C7H8F3NO4. The van der Waals surface area contributed by atoms with Gasteiger partial charge >= 0.3 is 18.1 Å². The number of carboxylic acid groups (broad SMARTS) is 1. The summed E-state index contributed by atoms with van der Waals surface area (Å²) >= 11 is 0. The number of carboxylic acids is 1. The highest BCUT2D eigenvalue weighted by Gasteiger charge is 2.46. The number of carbonyl (C=O) groups excluding carboxylic acids is 1. The van der Waals surface area contributed by atoms with Crippen LogP contribution >= 0.6 is 0 Å². The molecule has 1 rings (SSSR count). The lowest BCUT2D eigenvalue weighted by Crippen LogP contribution is -2.58. The molecule has 1 heterocycles. The number of nitrogens with zero attached hydrogens (tertiary/aromatic N) is 1. The van der Waals surface area contributed by atoms with Crippen LogP contribution in [0, 0.1) is 0 Å². The summed E-state index contributed by atoms with van der Waals surface area (Å²) in [4.78, 5) is 21.2. The quantitative estimate of drug-likeness (QED) is 0.728. The highest BCUT2D eigenvalue weighted by Crippen LogP contribution is 2.22. The SMILES string of the molecule is O=C(O)COC1CN(C(=O)C(F)(F)F)C1. The number of carbonyl (C=O) groups is 2. The van der Waals surface area contributed by atoms with Gasteiger partial charge in [0, 0.05) is 13.1 Å². The number of likely N-dealkylation sites (tertiary alicyclic amines) is 1. The van der Waals surface area contributed by atoms with Gasteiger partial charge in [-0.25, -0.2) is 4.79 Å². The van der Waals surface area contributed by atoms with Crippen LogP contribution in [0.3, 0.4) is 0 Å². The lowest BCUT2D eigenvalue weighted by molar-refractivity contribution is -0.196. The minimum Gasteiger partial charge on any atom is -0.480 e. The zero-order valence-corrected chi connectivity index (χ0v) is 7.45. The lowest BCUT2D eigenvalue weighted by Gasteiger charge is -2.38. The van der Waals surface area contributed by atoms with Gasteiger partial charge in [0.2, 0.25) is 0 Å². The van der Waals surface area contributed by atoms with Crippen LogP contribution in [0.4, 0.5) is 13.2 Å². The van der Waals surface area contributed by atoms with Crippen LogP contribution in [-0.4, -0.2) is 53.9 Å². The Balaban J connectivity index is 2.26. The molecule has 0 radical (unpaired) electrons. The van der Waals surface area contributed by atoms with E-state index in [1.807, 2.05) is 0 Å². The van der Waals surface area contributed by atoms with Gasteiger partial charge in [-0.2, -0.15) is 13.2 Å². The predicted octanol–water partition coefficient (Wildman–Crippen LogP) is -0.139. The number of halogens is 3. The first-order valence-corrected chi connectivity index (χ1v) is 4.00. The normalized spacial score (nSPS) is 17.4. The Labute approximate surface area is 82.4 Å². The molecule has 1 amide bonds. The van der Waals surface area contributed by atoms with Gasteiger partial charge in [-0.1, -0.05) is 0 Å². The summed E-state index contributed by atoms with van der Waals surface area (Å²) in [5, 5.41) is 8.20. The molecule has 0 bridgehead atoms. The summed E-state index contributed by atoms with van der Waals surface area (Å²) in [5.74, 6) is -3.12. The second-order valence-electron chi connectivity index (χ2n) is 3.03. The van der Waals surface area contributed by atoms with Crippen LogP contribution in [0.1, 0.15) is 0 Å². The third-order valence-corrected chi connectivity index (χ3v) is 1.82. The van der Waals surface area contributed by atoms with E-state index in [2.05, 4.69) is 4.74 Å². The van der Waals surface area contributed by atoms with Crippen molar-refractivity contribution >= 4 is 11.9 Å². The third kappa shape index (κ3) is 3.08. The highest BCUT2D eigenvalue weighted by molar-refractivity contribution is 5.82. The fraction of sp³-hybridized carbons (Fsp3) is 0.714. The maximum Gasteiger partial charge on any atom is 0.471 e. The number of hydrogen-bond donors (Lipinski definition) is 1. The van der Waals surface area contributed by atoms with Gasteiger partial charge in [0.1, 0.15) is 6.61 Å². The Bertz CT molecular complexity index is 272. The first-order valence-electron chi connectivity index (χ1n) is 4.00. The smallest absolute Gasteiger partial charge is 0.471 e. The van der Waals surface area contributed by atoms with Crippen LogP contribution < -0.4 is 0 Å². The van der Waals surface area contributed by atoms with Crippen molar-refractivity contribution in [2.75, 3.05) is 19.7 Å². The number of hydrogen-bond acceptors (Lipinski definition) is 3. The van der Waals surface area contributed by atoms with Crippen LogP contribution in [0.25, 0.3) is 0 Å². The van der Waals surface area contributed by atoms with E-state index < -0.39 is 30.8 Å².